The van der Waals surface area contributed by atoms with Crippen LogP contribution in [0.4, 0.5) is 41.9 Å². The predicted molar refractivity (Wildman–Crippen MR) is 436 cm³/mol. The largest absolute Gasteiger partial charge is 0.460 e. The molecular formula is C81H95N9O24S2+2. The van der Waals surface area contributed by atoms with Gasteiger partial charge >= 0.3 is 68.5 Å². The maximum atomic E-state index is 13.1. The normalized spacial score (nSPS) is 11.3. The standard InChI is InChI=1S/C81H93N9O24S2/c1-52(2)74(91)105-40-28-82-78(95)109-44-36-89(37-45-110-79(96)83-29-41-106-75(92)53(3)4)58-22-26-62-68(50-58)113-66-48-56(20-24-60(66)72(62)64-16-12-14-18-70(64)115(99,100)101)87(10)34-32-86(9)33-35-88(11)57-21-25-61-67(49-57)114-69-51-59(23-27-63(69)73(61)65-17-13-15-19-71(65)116(102,103)104)90(38-46-111-80(97)84-30-42-107-76(93)54(5)6)39-47-112-81(98)85-31-43-108-77(94)55(7)8/h12-27,48-51H,1,3,5,7,28-47H2,2,4,6,8-11H3,(H4-2,82,83,84,85,95,96,97,98,99,100,101,102,103,104)/p+2. The van der Waals surface area contributed by atoms with Crippen LogP contribution in [0.2, 0.25) is 0 Å². The summed E-state index contributed by atoms with van der Waals surface area (Å²) in [5.74, 6) is -2.49. The Hall–Kier alpha value is -12.4. The third kappa shape index (κ3) is 25.8. The first-order valence-electron chi connectivity index (χ1n) is 36.5. The third-order valence-electron chi connectivity index (χ3n) is 17.7. The molecule has 35 heteroatoms. The summed E-state index contributed by atoms with van der Waals surface area (Å²) in [7, 11) is -3.81. The van der Waals surface area contributed by atoms with Crippen LogP contribution in [-0.2, 0) is 77.3 Å². The molecule has 33 nitrogen and oxygen atoms in total. The minimum Gasteiger partial charge on any atom is -0.460 e. The van der Waals surface area contributed by atoms with E-state index in [1.165, 1.54) is 52.0 Å². The second-order valence-electron chi connectivity index (χ2n) is 26.7. The number of carbonyl (C=O) groups is 8. The number of hydrogen-bond donors (Lipinski definition) is 6. The molecule has 4 amide bonds. The molecule has 0 aliphatic carbocycles. The van der Waals surface area contributed by atoms with Gasteiger partial charge in [-0.25, -0.2) is 38.4 Å². The van der Waals surface area contributed by atoms with Gasteiger partial charge in [-0.05, 0) is 132 Å². The summed E-state index contributed by atoms with van der Waals surface area (Å²) < 4.78 is 129. The molecule has 0 unspecified atom stereocenters. The van der Waals surface area contributed by atoms with Gasteiger partial charge in [-0.1, -0.05) is 26.3 Å². The maximum Gasteiger partial charge on any atom is 0.407 e. The van der Waals surface area contributed by atoms with E-state index in [1.807, 2.05) is 55.2 Å². The summed E-state index contributed by atoms with van der Waals surface area (Å²) in [4.78, 5) is 107. The monoisotopic (exact) mass is 1640 g/mol. The van der Waals surface area contributed by atoms with Gasteiger partial charge in [0.05, 0.1) is 119 Å². The Morgan fingerprint density at radius 1 is 0.362 bits per heavy atom. The van der Waals surface area contributed by atoms with E-state index in [0.717, 1.165) is 11.4 Å². The lowest BCUT2D eigenvalue weighted by molar-refractivity contribution is -0.139. The molecule has 0 saturated heterocycles. The van der Waals surface area contributed by atoms with E-state index < -0.39 is 68.5 Å². The number of esters is 4. The summed E-state index contributed by atoms with van der Waals surface area (Å²) in [6.45, 7) is 20.8. The molecule has 0 saturated carbocycles. The van der Waals surface area contributed by atoms with E-state index in [2.05, 4.69) is 52.5 Å². The van der Waals surface area contributed by atoms with Crippen LogP contribution in [0.15, 0.2) is 189 Å². The maximum absolute atomic E-state index is 13.1. The van der Waals surface area contributed by atoms with Gasteiger partial charge in [0.1, 0.15) is 62.6 Å². The van der Waals surface area contributed by atoms with Gasteiger partial charge in [-0.15, -0.1) is 0 Å². The van der Waals surface area contributed by atoms with Crippen molar-refractivity contribution in [3.8, 4) is 22.3 Å². The Morgan fingerprint density at radius 2 is 0.621 bits per heavy atom. The van der Waals surface area contributed by atoms with Gasteiger partial charge < -0.3 is 92.5 Å². The van der Waals surface area contributed by atoms with Crippen molar-refractivity contribution in [2.75, 3.05) is 172 Å². The zero-order valence-electron chi connectivity index (χ0n) is 65.4. The molecule has 0 atom stereocenters. The Morgan fingerprint density at radius 3 is 0.888 bits per heavy atom. The number of fused-ring (bicyclic) bond motifs is 4. The van der Waals surface area contributed by atoms with Gasteiger partial charge in [-0.3, -0.25) is 9.11 Å². The first kappa shape index (κ1) is 89.1. The zero-order valence-corrected chi connectivity index (χ0v) is 67.1. The summed E-state index contributed by atoms with van der Waals surface area (Å²) in [5.41, 5.74) is 5.61. The van der Waals surface area contributed by atoms with Crippen LogP contribution in [0, 0.1) is 0 Å². The molecule has 618 valence electrons. The molecule has 0 aliphatic heterocycles. The third-order valence-corrected chi connectivity index (χ3v) is 19.5. The summed E-state index contributed by atoms with van der Waals surface area (Å²) in [6.07, 6.45) is -3.23. The van der Waals surface area contributed by atoms with Crippen molar-refractivity contribution in [1.82, 2.24) is 26.2 Å². The molecule has 6 N–H and O–H groups in total. The smallest absolute Gasteiger partial charge is 0.407 e. The van der Waals surface area contributed by atoms with Crippen molar-refractivity contribution in [3.63, 3.8) is 0 Å². The zero-order chi connectivity index (χ0) is 84.4. The van der Waals surface area contributed by atoms with Crippen LogP contribution in [0.25, 0.3) is 66.1 Å². The molecule has 0 fully saturated rings. The van der Waals surface area contributed by atoms with E-state index in [4.69, 9.17) is 46.7 Å². The number of rotatable bonds is 42. The SMILES string of the molecule is C=C(C)C(=O)OCCNC(=O)OCCN(CCOC(=O)NCCOC(=O)C(=C)C)c1ccc2c(c1)oc1cc(N(C)CCN(C)CCN(C)c3ccc4c(c3)oc3cc(N(CCOC(=O)NCCOC(=O)C(=C)C)CCOC(=O)NCCOC(=O)C(=C)C)ccc3[c+]4-c3ccccc3S(=O)(=O)O)ccc1[c+]2-c1ccccc1S(=O)(=O)O. The highest BCUT2D eigenvalue weighted by Crippen LogP contribution is 2.44. The summed E-state index contributed by atoms with van der Waals surface area (Å²) >= 11 is 0. The number of ether oxygens (including phenoxy) is 8. The highest BCUT2D eigenvalue weighted by Gasteiger charge is 2.30. The lowest BCUT2D eigenvalue weighted by Crippen LogP contribution is -2.36. The molecule has 0 aliphatic rings. The molecule has 8 rings (SSSR count). The highest BCUT2D eigenvalue weighted by atomic mass is 32.2. The molecule has 0 bridgehead atoms. The van der Waals surface area contributed by atoms with Crippen molar-refractivity contribution in [3.05, 3.63) is 170 Å². The summed E-state index contributed by atoms with van der Waals surface area (Å²) in [5, 5.41) is 12.0. The number of likely N-dealkylation sites (N-methyl/N-ethyl adjacent to an activating group) is 3. The minimum absolute atomic E-state index is 0.0395. The Labute approximate surface area is 670 Å². The number of amides is 4. The number of benzene rings is 6. The topological polar surface area (TPSA) is 410 Å². The number of carbonyl (C=O) groups excluding carboxylic acids is 8. The van der Waals surface area contributed by atoms with Crippen LogP contribution >= 0.6 is 0 Å². The molecule has 2 heterocycles. The van der Waals surface area contributed by atoms with Crippen molar-refractivity contribution >= 4 is 135 Å². The van der Waals surface area contributed by atoms with Gasteiger partial charge in [0.15, 0.2) is 22.3 Å². The molecule has 8 aromatic rings. The first-order valence-corrected chi connectivity index (χ1v) is 39.4. The Bertz CT molecular complexity index is 4830. The average molecular weight is 1640 g/mol. The Balaban J connectivity index is 1.03. The van der Waals surface area contributed by atoms with E-state index in [9.17, 15) is 64.3 Å². The second kappa shape index (κ2) is 42.1. The van der Waals surface area contributed by atoms with Crippen molar-refractivity contribution < 1.29 is 111 Å². The van der Waals surface area contributed by atoms with E-state index in [1.54, 1.807) is 82.6 Å². The lowest BCUT2D eigenvalue weighted by Gasteiger charge is -2.26. The van der Waals surface area contributed by atoms with Crippen LogP contribution in [0.1, 0.15) is 27.7 Å². The molecular weight excluding hydrogens is 1550 g/mol. The van der Waals surface area contributed by atoms with Crippen LogP contribution in [0.3, 0.4) is 0 Å². The lowest BCUT2D eigenvalue weighted by atomic mass is 9.96. The number of nitrogens with zero attached hydrogens (tertiary/aromatic N) is 5. The molecule has 2 aromatic heterocycles. The van der Waals surface area contributed by atoms with E-state index in [-0.39, 0.29) is 160 Å². The average Bonchev–Trinajstić information content (AvgIpc) is 0.747. The van der Waals surface area contributed by atoms with E-state index >= 15 is 0 Å². The Kier molecular flexibility index (Phi) is 32.3. The highest BCUT2D eigenvalue weighted by molar-refractivity contribution is 7.86. The first-order chi connectivity index (χ1) is 55.2. The van der Waals surface area contributed by atoms with E-state index in [0.29, 0.717) is 81.4 Å². The van der Waals surface area contributed by atoms with Crippen LogP contribution in [-0.4, -0.2) is 232 Å². The van der Waals surface area contributed by atoms with Crippen molar-refractivity contribution in [2.45, 2.75) is 37.5 Å². The summed E-state index contributed by atoms with van der Waals surface area (Å²) in [6, 6.07) is 33.3. The van der Waals surface area contributed by atoms with Gasteiger partial charge in [0, 0.05) is 86.8 Å². The number of anilines is 4. The van der Waals surface area contributed by atoms with Crippen molar-refractivity contribution in [1.29, 1.82) is 0 Å². The fourth-order valence-electron chi connectivity index (χ4n) is 11.6. The number of alkyl carbamates (subject to hydrolysis) is 4. The molecule has 116 heavy (non-hydrogen) atoms. The molecule has 0 spiro atoms. The minimum atomic E-state index is -4.79. The second-order valence-corrected chi connectivity index (χ2v) is 29.4. The number of nitrogens with one attached hydrogen (secondary N) is 4. The molecule has 6 aromatic carbocycles. The van der Waals surface area contributed by atoms with Gasteiger partial charge in [0.2, 0.25) is 0 Å². The van der Waals surface area contributed by atoms with Gasteiger partial charge in [-0.2, -0.15) is 16.8 Å². The number of hydrogen-bond acceptors (Lipinski definition) is 27. The predicted octanol–water partition coefficient (Wildman–Crippen LogP) is 10.4. The van der Waals surface area contributed by atoms with Crippen LogP contribution in [0.5, 0.6) is 0 Å². The molecule has 0 radical (unpaired) electrons. The fraction of sp³-hybridized carbons (Fsp3) is 0.333. The van der Waals surface area contributed by atoms with Gasteiger partial charge in [0.25, 0.3) is 0 Å². The quantitative estimate of drug-likeness (QED) is 0.00394. The van der Waals surface area contributed by atoms with Crippen LogP contribution < -0.4 is 40.9 Å². The fourth-order valence-corrected chi connectivity index (χ4v) is 13.0. The van der Waals surface area contributed by atoms with Crippen molar-refractivity contribution in [2.24, 2.45) is 0 Å².